The Kier molecular flexibility index (Phi) is 6.68. The van der Waals surface area contributed by atoms with Crippen LogP contribution in [0, 0.1) is 0 Å². The molecule has 0 aliphatic heterocycles. The molecule has 1 fully saturated rings. The average molecular weight is 306 g/mol. The molecule has 0 bridgehead atoms. The molecular formula is C17H26N2O3. The fourth-order valence-electron chi connectivity index (χ4n) is 2.70. The number of carbonyl (C=O) groups excluding carboxylic acids is 1. The summed E-state index contributed by atoms with van der Waals surface area (Å²) in [6.45, 7) is 2.30. The molecule has 1 amide bonds. The first kappa shape index (κ1) is 16.8. The minimum atomic E-state index is -0.517. The van der Waals surface area contributed by atoms with Gasteiger partial charge >= 0.3 is 0 Å². The normalized spacial score (nSPS) is 17.0. The number of aliphatic hydroxyl groups is 1. The Morgan fingerprint density at radius 3 is 2.59 bits per heavy atom. The van der Waals surface area contributed by atoms with Crippen molar-refractivity contribution in [3.05, 3.63) is 24.3 Å². The van der Waals surface area contributed by atoms with E-state index in [1.165, 1.54) is 39.0 Å². The summed E-state index contributed by atoms with van der Waals surface area (Å²) >= 11 is 0. The Morgan fingerprint density at radius 2 is 1.95 bits per heavy atom. The molecule has 1 aliphatic rings. The van der Waals surface area contributed by atoms with Crippen LogP contribution >= 0.6 is 0 Å². The highest BCUT2D eigenvalue weighted by atomic mass is 16.5. The van der Waals surface area contributed by atoms with Crippen LogP contribution in [-0.2, 0) is 4.79 Å². The first-order valence-corrected chi connectivity index (χ1v) is 8.05. The quantitative estimate of drug-likeness (QED) is 0.723. The predicted molar refractivity (Wildman–Crippen MR) is 87.1 cm³/mol. The molecule has 122 valence electrons. The lowest BCUT2D eigenvalue weighted by atomic mass is 9.95. The molecule has 22 heavy (non-hydrogen) atoms. The molecule has 1 saturated carbocycles. The van der Waals surface area contributed by atoms with E-state index in [0.29, 0.717) is 18.3 Å². The molecule has 1 aromatic carbocycles. The minimum absolute atomic E-state index is 0.0992. The van der Waals surface area contributed by atoms with Crippen molar-refractivity contribution in [2.45, 2.75) is 51.2 Å². The molecule has 1 aromatic rings. The van der Waals surface area contributed by atoms with Crippen molar-refractivity contribution in [2.24, 2.45) is 0 Å². The van der Waals surface area contributed by atoms with Gasteiger partial charge in [-0.05, 0) is 37.1 Å². The summed E-state index contributed by atoms with van der Waals surface area (Å²) in [7, 11) is 0. The molecule has 2 rings (SSSR count). The Bertz CT molecular complexity index is 455. The fraction of sp³-hybridized carbons (Fsp3) is 0.588. The van der Waals surface area contributed by atoms with Gasteiger partial charge in [0, 0.05) is 25.2 Å². The van der Waals surface area contributed by atoms with E-state index in [-0.39, 0.29) is 12.5 Å². The SMILES string of the molecule is CC(=O)Nc1ccc(OC[C@H](O)CNC2CCCCC2)cc1. The molecule has 1 atom stereocenters. The van der Waals surface area contributed by atoms with Gasteiger partial charge in [-0.2, -0.15) is 0 Å². The van der Waals surface area contributed by atoms with Crippen LogP contribution < -0.4 is 15.4 Å². The van der Waals surface area contributed by atoms with Gasteiger partial charge in [-0.1, -0.05) is 19.3 Å². The molecule has 5 heteroatoms. The van der Waals surface area contributed by atoms with Crippen molar-refractivity contribution in [1.29, 1.82) is 0 Å². The number of anilines is 1. The van der Waals surface area contributed by atoms with E-state index >= 15 is 0 Å². The third-order valence-corrected chi connectivity index (χ3v) is 3.86. The van der Waals surface area contributed by atoms with Crippen LogP contribution in [0.1, 0.15) is 39.0 Å². The molecule has 5 nitrogen and oxygen atoms in total. The number of amides is 1. The lowest BCUT2D eigenvalue weighted by Gasteiger charge is -2.24. The maximum absolute atomic E-state index is 10.9. The number of hydrogen-bond acceptors (Lipinski definition) is 4. The molecule has 0 unspecified atom stereocenters. The van der Waals surface area contributed by atoms with Gasteiger partial charge in [0.2, 0.25) is 5.91 Å². The third kappa shape index (κ3) is 6.03. The molecule has 0 aromatic heterocycles. The van der Waals surface area contributed by atoms with E-state index in [1.807, 2.05) is 0 Å². The van der Waals surface area contributed by atoms with Gasteiger partial charge in [-0.15, -0.1) is 0 Å². The monoisotopic (exact) mass is 306 g/mol. The zero-order valence-electron chi connectivity index (χ0n) is 13.2. The van der Waals surface area contributed by atoms with Gasteiger partial charge in [0.05, 0.1) is 0 Å². The van der Waals surface area contributed by atoms with Gasteiger partial charge in [0.15, 0.2) is 0 Å². The maximum Gasteiger partial charge on any atom is 0.221 e. The molecule has 0 saturated heterocycles. The number of nitrogens with one attached hydrogen (secondary N) is 2. The van der Waals surface area contributed by atoms with Gasteiger partial charge in [0.1, 0.15) is 18.5 Å². The van der Waals surface area contributed by atoms with Crippen LogP contribution in [0.2, 0.25) is 0 Å². The highest BCUT2D eigenvalue weighted by Crippen LogP contribution is 2.18. The summed E-state index contributed by atoms with van der Waals surface area (Å²) < 4.78 is 5.56. The summed E-state index contributed by atoms with van der Waals surface area (Å²) in [5.74, 6) is 0.587. The predicted octanol–water partition coefficient (Wildman–Crippen LogP) is 2.31. The minimum Gasteiger partial charge on any atom is -0.491 e. The van der Waals surface area contributed by atoms with E-state index in [4.69, 9.17) is 4.74 Å². The van der Waals surface area contributed by atoms with Crippen molar-refractivity contribution < 1.29 is 14.6 Å². The summed E-state index contributed by atoms with van der Waals surface area (Å²) in [5.41, 5.74) is 0.736. The lowest BCUT2D eigenvalue weighted by molar-refractivity contribution is -0.114. The summed E-state index contributed by atoms with van der Waals surface area (Å²) in [4.78, 5) is 10.9. The number of hydrogen-bond donors (Lipinski definition) is 3. The fourth-order valence-corrected chi connectivity index (χ4v) is 2.70. The topological polar surface area (TPSA) is 70.6 Å². The second kappa shape index (κ2) is 8.76. The van der Waals surface area contributed by atoms with Crippen LogP contribution in [0.15, 0.2) is 24.3 Å². The zero-order valence-corrected chi connectivity index (χ0v) is 13.2. The van der Waals surface area contributed by atoms with E-state index in [9.17, 15) is 9.90 Å². The van der Waals surface area contributed by atoms with Crippen molar-refractivity contribution >= 4 is 11.6 Å². The largest absolute Gasteiger partial charge is 0.491 e. The average Bonchev–Trinajstić information content (AvgIpc) is 2.53. The van der Waals surface area contributed by atoms with Crippen LogP contribution in [-0.4, -0.2) is 36.3 Å². The first-order valence-electron chi connectivity index (χ1n) is 8.05. The van der Waals surface area contributed by atoms with E-state index in [2.05, 4.69) is 10.6 Å². The Labute approximate surface area is 132 Å². The van der Waals surface area contributed by atoms with Crippen LogP contribution in [0.25, 0.3) is 0 Å². The van der Waals surface area contributed by atoms with Crippen LogP contribution in [0.4, 0.5) is 5.69 Å². The van der Waals surface area contributed by atoms with Gasteiger partial charge in [-0.3, -0.25) is 4.79 Å². The molecule has 0 spiro atoms. The Balaban J connectivity index is 1.66. The second-order valence-electron chi connectivity index (χ2n) is 5.91. The number of carbonyl (C=O) groups is 1. The Morgan fingerprint density at radius 1 is 1.27 bits per heavy atom. The van der Waals surface area contributed by atoms with Crippen LogP contribution in [0.3, 0.4) is 0 Å². The van der Waals surface area contributed by atoms with Crippen LogP contribution in [0.5, 0.6) is 5.75 Å². The first-order chi connectivity index (χ1) is 10.6. The van der Waals surface area contributed by atoms with Gasteiger partial charge in [-0.25, -0.2) is 0 Å². The second-order valence-corrected chi connectivity index (χ2v) is 5.91. The number of aliphatic hydroxyl groups excluding tert-OH is 1. The summed E-state index contributed by atoms with van der Waals surface area (Å²) in [5, 5.41) is 16.1. The van der Waals surface area contributed by atoms with E-state index in [0.717, 1.165) is 5.69 Å². The lowest BCUT2D eigenvalue weighted by Crippen LogP contribution is -2.38. The molecule has 0 radical (unpaired) electrons. The smallest absolute Gasteiger partial charge is 0.221 e. The molecule has 0 heterocycles. The van der Waals surface area contributed by atoms with E-state index in [1.54, 1.807) is 24.3 Å². The highest BCUT2D eigenvalue weighted by molar-refractivity contribution is 5.88. The van der Waals surface area contributed by atoms with Crippen molar-refractivity contribution in [2.75, 3.05) is 18.5 Å². The third-order valence-electron chi connectivity index (χ3n) is 3.86. The summed E-state index contributed by atoms with van der Waals surface area (Å²) in [6.07, 6.45) is 5.79. The number of rotatable bonds is 7. The summed E-state index contributed by atoms with van der Waals surface area (Å²) in [6, 6.07) is 7.67. The van der Waals surface area contributed by atoms with Crippen molar-refractivity contribution in [3.63, 3.8) is 0 Å². The van der Waals surface area contributed by atoms with Crippen molar-refractivity contribution in [1.82, 2.24) is 5.32 Å². The van der Waals surface area contributed by atoms with E-state index < -0.39 is 6.10 Å². The molecule has 1 aliphatic carbocycles. The van der Waals surface area contributed by atoms with Crippen molar-refractivity contribution in [3.8, 4) is 5.75 Å². The van der Waals surface area contributed by atoms with Gasteiger partial charge in [0.25, 0.3) is 0 Å². The standard InChI is InChI=1S/C17H26N2O3/c1-13(20)19-15-7-9-17(10-8-15)22-12-16(21)11-18-14-5-3-2-4-6-14/h7-10,14,16,18,21H,2-6,11-12H2,1H3,(H,19,20)/t16-/m1/s1. The molecule has 3 N–H and O–H groups in total. The zero-order chi connectivity index (χ0) is 15.8. The van der Waals surface area contributed by atoms with Gasteiger partial charge < -0.3 is 20.5 Å². The number of ether oxygens (including phenoxy) is 1. The highest BCUT2D eigenvalue weighted by Gasteiger charge is 2.14. The maximum atomic E-state index is 10.9. The number of benzene rings is 1. The Hall–Kier alpha value is -1.59. The molecular weight excluding hydrogens is 280 g/mol.